The van der Waals surface area contributed by atoms with E-state index in [4.69, 9.17) is 16.3 Å². The van der Waals surface area contributed by atoms with Gasteiger partial charge in [0.2, 0.25) is 17.7 Å². The summed E-state index contributed by atoms with van der Waals surface area (Å²) in [4.78, 5) is 40.7. The smallest absolute Gasteiger partial charge is 0.250 e. The van der Waals surface area contributed by atoms with E-state index in [1.54, 1.807) is 18.2 Å². The summed E-state index contributed by atoms with van der Waals surface area (Å²) in [5.41, 5.74) is -0.0301. The van der Waals surface area contributed by atoms with Gasteiger partial charge in [-0.1, -0.05) is 25.4 Å². The maximum Gasteiger partial charge on any atom is 0.250 e. The quantitative estimate of drug-likeness (QED) is 0.757. The Morgan fingerprint density at radius 2 is 2.00 bits per heavy atom. The molecule has 2 fully saturated rings. The normalized spacial score (nSPS) is 31.8. The van der Waals surface area contributed by atoms with Crippen LogP contribution in [-0.2, 0) is 24.7 Å². The Bertz CT molecular complexity index is 842. The fraction of sp³-hybridized carbons (Fsp3) is 0.526. The van der Waals surface area contributed by atoms with Crippen LogP contribution in [0.15, 0.2) is 18.2 Å². The monoisotopic (exact) mass is 391 g/mol. The summed E-state index contributed by atoms with van der Waals surface area (Å²) in [6.07, 6.45) is 0. The first-order valence-electron chi connectivity index (χ1n) is 9.06. The Morgan fingerprint density at radius 1 is 1.26 bits per heavy atom. The van der Waals surface area contributed by atoms with Crippen molar-refractivity contribution in [2.45, 2.75) is 25.4 Å². The van der Waals surface area contributed by atoms with Gasteiger partial charge in [0.25, 0.3) is 0 Å². The van der Waals surface area contributed by atoms with Crippen molar-refractivity contribution < 1.29 is 19.1 Å². The number of imide groups is 1. The minimum Gasteiger partial charge on any atom is -0.383 e. The van der Waals surface area contributed by atoms with Crippen molar-refractivity contribution >= 4 is 35.0 Å². The molecule has 4 atom stereocenters. The maximum atomic E-state index is 13.3. The van der Waals surface area contributed by atoms with Crippen molar-refractivity contribution in [3.63, 3.8) is 0 Å². The first kappa shape index (κ1) is 18.4. The van der Waals surface area contributed by atoms with Crippen LogP contribution in [0.25, 0.3) is 0 Å². The summed E-state index contributed by atoms with van der Waals surface area (Å²) in [5.74, 6) is -2.22. The van der Waals surface area contributed by atoms with Crippen molar-refractivity contribution in [1.82, 2.24) is 10.2 Å². The number of carbonyl (C=O) groups is 3. The number of hydrogen-bond donors (Lipinski definition) is 2. The van der Waals surface area contributed by atoms with Crippen LogP contribution >= 0.6 is 11.6 Å². The van der Waals surface area contributed by atoms with Crippen molar-refractivity contribution in [3.05, 3.63) is 28.8 Å². The van der Waals surface area contributed by atoms with Gasteiger partial charge in [-0.2, -0.15) is 0 Å². The van der Waals surface area contributed by atoms with Crippen LogP contribution in [0, 0.1) is 17.8 Å². The van der Waals surface area contributed by atoms with Gasteiger partial charge in [0, 0.05) is 29.4 Å². The first-order valence-corrected chi connectivity index (χ1v) is 9.44. The van der Waals surface area contributed by atoms with Crippen molar-refractivity contribution in [2.24, 2.45) is 17.8 Å². The number of amides is 3. The Labute approximate surface area is 162 Å². The van der Waals surface area contributed by atoms with Crippen LogP contribution in [0.1, 0.15) is 19.4 Å². The lowest BCUT2D eigenvalue weighted by Gasteiger charge is -2.30. The molecule has 27 heavy (non-hydrogen) atoms. The third-order valence-corrected chi connectivity index (χ3v) is 6.18. The van der Waals surface area contributed by atoms with Gasteiger partial charge < -0.3 is 10.1 Å². The number of methoxy groups -OCH3 is 1. The lowest BCUT2D eigenvalue weighted by Crippen LogP contribution is -2.54. The first-order chi connectivity index (χ1) is 12.8. The predicted octanol–water partition coefficient (Wildman–Crippen LogP) is 1.36. The van der Waals surface area contributed by atoms with Crippen LogP contribution in [-0.4, -0.2) is 48.9 Å². The topological polar surface area (TPSA) is 87.7 Å². The maximum absolute atomic E-state index is 13.3. The molecule has 8 heteroatoms. The lowest BCUT2D eigenvalue weighted by atomic mass is 9.76. The molecule has 2 saturated heterocycles. The van der Waals surface area contributed by atoms with E-state index in [0.717, 1.165) is 0 Å². The van der Waals surface area contributed by atoms with Gasteiger partial charge >= 0.3 is 0 Å². The number of fused-ring (bicyclic) bond motifs is 4. The number of likely N-dealkylation sites (tertiary alicyclic amines) is 1. The van der Waals surface area contributed by atoms with E-state index >= 15 is 0 Å². The number of nitrogens with zero attached hydrogens (tertiary/aromatic N) is 1. The molecule has 3 amide bonds. The molecular formula is C19H22ClN3O4. The highest BCUT2D eigenvalue weighted by molar-refractivity contribution is 6.31. The van der Waals surface area contributed by atoms with E-state index < -0.39 is 17.4 Å². The second-order valence-electron chi connectivity index (χ2n) is 7.69. The van der Waals surface area contributed by atoms with E-state index in [1.807, 2.05) is 13.8 Å². The Hall–Kier alpha value is -1.96. The molecule has 1 aromatic carbocycles. The zero-order valence-corrected chi connectivity index (χ0v) is 16.2. The number of benzene rings is 1. The largest absolute Gasteiger partial charge is 0.383 e. The summed E-state index contributed by atoms with van der Waals surface area (Å²) in [7, 11) is 1.52. The summed E-state index contributed by atoms with van der Waals surface area (Å²) >= 11 is 6.19. The molecule has 1 spiro atoms. The molecule has 0 unspecified atom stereocenters. The van der Waals surface area contributed by atoms with Gasteiger partial charge in [0.15, 0.2) is 0 Å². The van der Waals surface area contributed by atoms with Crippen molar-refractivity contribution in [1.29, 1.82) is 0 Å². The van der Waals surface area contributed by atoms with E-state index in [-0.39, 0.29) is 42.8 Å². The third-order valence-electron chi connectivity index (χ3n) is 5.94. The average Bonchev–Trinajstić information content (AvgIpc) is 3.20. The van der Waals surface area contributed by atoms with Crippen LogP contribution in [0.4, 0.5) is 5.69 Å². The van der Waals surface area contributed by atoms with Crippen LogP contribution < -0.4 is 10.6 Å². The molecule has 0 bridgehead atoms. The molecule has 0 aliphatic carbocycles. The number of ether oxygens (including phenoxy) is 1. The van der Waals surface area contributed by atoms with Crippen LogP contribution in [0.3, 0.4) is 0 Å². The molecule has 7 nitrogen and oxygen atoms in total. The fourth-order valence-electron chi connectivity index (χ4n) is 4.74. The second-order valence-corrected chi connectivity index (χ2v) is 8.13. The number of halogens is 1. The molecule has 2 N–H and O–H groups in total. The number of hydrogen-bond acceptors (Lipinski definition) is 5. The van der Waals surface area contributed by atoms with Crippen LogP contribution in [0.5, 0.6) is 0 Å². The molecular weight excluding hydrogens is 370 g/mol. The Balaban J connectivity index is 1.86. The minimum absolute atomic E-state index is 0.0621. The van der Waals surface area contributed by atoms with Crippen LogP contribution in [0.2, 0.25) is 5.02 Å². The highest BCUT2D eigenvalue weighted by Crippen LogP contribution is 2.54. The molecule has 4 rings (SSSR count). The van der Waals surface area contributed by atoms with Gasteiger partial charge in [0.1, 0.15) is 5.54 Å². The number of carbonyl (C=O) groups excluding carboxylic acids is 3. The Morgan fingerprint density at radius 3 is 2.67 bits per heavy atom. The van der Waals surface area contributed by atoms with E-state index in [0.29, 0.717) is 16.3 Å². The summed E-state index contributed by atoms with van der Waals surface area (Å²) < 4.78 is 5.05. The van der Waals surface area contributed by atoms with Crippen molar-refractivity contribution in [2.75, 3.05) is 25.6 Å². The zero-order chi connectivity index (χ0) is 19.5. The molecule has 1 aromatic rings. The van der Waals surface area contributed by atoms with Gasteiger partial charge in [-0.05, 0) is 24.1 Å². The second kappa shape index (κ2) is 6.29. The number of nitrogens with one attached hydrogen (secondary N) is 2. The summed E-state index contributed by atoms with van der Waals surface area (Å²) in [6, 6.07) is 4.83. The third kappa shape index (κ3) is 2.38. The van der Waals surface area contributed by atoms with Gasteiger partial charge in [0.05, 0.1) is 25.0 Å². The van der Waals surface area contributed by atoms with Gasteiger partial charge in [-0.25, -0.2) is 0 Å². The number of rotatable bonds is 4. The summed E-state index contributed by atoms with van der Waals surface area (Å²) in [6.45, 7) is 4.41. The van der Waals surface area contributed by atoms with E-state index in [1.165, 1.54) is 12.0 Å². The minimum atomic E-state index is -1.28. The molecule has 0 saturated carbocycles. The fourth-order valence-corrected chi connectivity index (χ4v) is 4.91. The number of anilines is 1. The highest BCUT2D eigenvalue weighted by atomic mass is 35.5. The Kier molecular flexibility index (Phi) is 4.29. The molecule has 3 aliphatic heterocycles. The van der Waals surface area contributed by atoms with E-state index in [9.17, 15) is 14.4 Å². The average molecular weight is 392 g/mol. The molecule has 3 heterocycles. The molecule has 3 aliphatic rings. The SMILES string of the molecule is COCCN1C(=O)[C@@H]2[C@@H](C1=O)[C@]1(N[C@H]2C(C)C)C(=O)Nc2ccc(Cl)cc21. The van der Waals surface area contributed by atoms with Crippen molar-refractivity contribution in [3.8, 4) is 0 Å². The molecule has 0 aromatic heterocycles. The molecule has 0 radical (unpaired) electrons. The van der Waals surface area contributed by atoms with Gasteiger partial charge in [-0.15, -0.1) is 0 Å². The molecule has 144 valence electrons. The van der Waals surface area contributed by atoms with E-state index in [2.05, 4.69) is 10.6 Å². The van der Waals surface area contributed by atoms with Gasteiger partial charge in [-0.3, -0.25) is 24.6 Å². The highest BCUT2D eigenvalue weighted by Gasteiger charge is 2.70. The lowest BCUT2D eigenvalue weighted by molar-refractivity contribution is -0.143. The zero-order valence-electron chi connectivity index (χ0n) is 15.4. The standard InChI is InChI=1S/C19H22ClN3O4/c1-9(2)15-13-14(17(25)23(16(13)24)6-7-27-3)19(22-15)11-8-10(20)4-5-12(11)21-18(19)26/h4-5,8-9,13-15,22H,6-7H2,1-3H3,(H,21,26)/t13-,14+,15+,19+/m1/s1. The summed E-state index contributed by atoms with van der Waals surface area (Å²) in [5, 5.41) is 6.70. The predicted molar refractivity (Wildman–Crippen MR) is 99.1 cm³/mol.